The first kappa shape index (κ1) is 18.2. The number of urea groups is 1. The van der Waals surface area contributed by atoms with Gasteiger partial charge >= 0.3 is 6.03 Å². The Morgan fingerprint density at radius 3 is 2.58 bits per heavy atom. The van der Waals surface area contributed by atoms with Gasteiger partial charge in [-0.1, -0.05) is 38.8 Å². The van der Waals surface area contributed by atoms with Crippen LogP contribution in [0, 0.1) is 5.92 Å². The first-order chi connectivity index (χ1) is 11.5. The molecule has 5 nitrogen and oxygen atoms in total. The lowest BCUT2D eigenvalue weighted by atomic mass is 10.0. The van der Waals surface area contributed by atoms with Gasteiger partial charge in [0.05, 0.1) is 29.5 Å². The van der Waals surface area contributed by atoms with E-state index in [0.717, 1.165) is 29.6 Å². The Morgan fingerprint density at radius 1 is 1.17 bits per heavy atom. The second-order valence-electron chi connectivity index (χ2n) is 6.88. The van der Waals surface area contributed by atoms with Crippen LogP contribution < -0.4 is 5.32 Å². The molecule has 130 valence electrons. The van der Waals surface area contributed by atoms with E-state index in [1.165, 1.54) is 6.42 Å². The summed E-state index contributed by atoms with van der Waals surface area (Å²) in [4.78, 5) is 22.9. The van der Waals surface area contributed by atoms with E-state index in [2.05, 4.69) is 36.1 Å². The molecule has 0 bridgehead atoms. The molecule has 2 aromatic rings. The molecule has 0 radical (unpaired) electrons. The molecule has 0 aliphatic heterocycles. The average Bonchev–Trinajstić information content (AvgIpc) is 2.54. The van der Waals surface area contributed by atoms with Crippen LogP contribution in [0.4, 0.5) is 4.79 Å². The van der Waals surface area contributed by atoms with Gasteiger partial charge in [-0.3, -0.25) is 4.98 Å². The van der Waals surface area contributed by atoms with Gasteiger partial charge in [0.25, 0.3) is 0 Å². The standard InChI is InChI=1S/C19H28N4O/c1-14(2)8-7-9-15(3)21-19(24)23(4)13-16-12-20-17-10-5-6-11-18(17)22-16/h5-6,10-12,14-15H,7-9,13H2,1-4H3,(H,21,24). The number of fused-ring (bicyclic) bond motifs is 1. The van der Waals surface area contributed by atoms with Crippen LogP contribution in [0.2, 0.25) is 0 Å². The van der Waals surface area contributed by atoms with Crippen LogP contribution in [-0.2, 0) is 6.54 Å². The SMILES string of the molecule is CC(C)CCCC(C)NC(=O)N(C)Cc1cnc2ccccc2n1. The summed E-state index contributed by atoms with van der Waals surface area (Å²) in [6.45, 7) is 6.95. The summed E-state index contributed by atoms with van der Waals surface area (Å²) in [5, 5.41) is 3.05. The summed E-state index contributed by atoms with van der Waals surface area (Å²) >= 11 is 0. The monoisotopic (exact) mass is 328 g/mol. The first-order valence-electron chi connectivity index (χ1n) is 8.68. The largest absolute Gasteiger partial charge is 0.336 e. The summed E-state index contributed by atoms with van der Waals surface area (Å²) in [5.74, 6) is 0.710. The van der Waals surface area contributed by atoms with Crippen molar-refractivity contribution < 1.29 is 4.79 Å². The van der Waals surface area contributed by atoms with Gasteiger partial charge in [0, 0.05) is 13.1 Å². The maximum atomic E-state index is 12.3. The molecule has 1 unspecified atom stereocenters. The number of para-hydroxylation sites is 2. The van der Waals surface area contributed by atoms with Crippen LogP contribution in [-0.4, -0.2) is 34.0 Å². The molecular weight excluding hydrogens is 300 g/mol. The number of benzene rings is 1. The minimum absolute atomic E-state index is 0.0676. The molecule has 0 saturated carbocycles. The fraction of sp³-hybridized carbons (Fsp3) is 0.526. The van der Waals surface area contributed by atoms with Gasteiger partial charge < -0.3 is 10.2 Å². The van der Waals surface area contributed by atoms with E-state index in [0.29, 0.717) is 12.5 Å². The number of aromatic nitrogens is 2. The Morgan fingerprint density at radius 2 is 1.88 bits per heavy atom. The van der Waals surface area contributed by atoms with E-state index in [1.54, 1.807) is 18.1 Å². The number of nitrogens with one attached hydrogen (secondary N) is 1. The van der Waals surface area contributed by atoms with Gasteiger partial charge in [0.2, 0.25) is 0 Å². The highest BCUT2D eigenvalue weighted by atomic mass is 16.2. The quantitative estimate of drug-likeness (QED) is 0.836. The summed E-state index contributed by atoms with van der Waals surface area (Å²) in [6, 6.07) is 7.86. The second kappa shape index (κ2) is 8.62. The van der Waals surface area contributed by atoms with Crippen LogP contribution in [0.1, 0.15) is 45.7 Å². The van der Waals surface area contributed by atoms with E-state index in [1.807, 2.05) is 24.3 Å². The molecule has 1 aromatic carbocycles. The van der Waals surface area contributed by atoms with Crippen molar-refractivity contribution in [2.45, 2.75) is 52.6 Å². The van der Waals surface area contributed by atoms with Crippen LogP contribution >= 0.6 is 0 Å². The summed E-state index contributed by atoms with van der Waals surface area (Å²) in [6.07, 6.45) is 5.08. The zero-order valence-electron chi connectivity index (χ0n) is 15.1. The summed E-state index contributed by atoms with van der Waals surface area (Å²) in [5.41, 5.74) is 2.51. The molecule has 0 aliphatic carbocycles. The number of carbonyl (C=O) groups excluding carboxylic acids is 1. The van der Waals surface area contributed by atoms with E-state index < -0.39 is 0 Å². The number of carbonyl (C=O) groups is 1. The second-order valence-corrected chi connectivity index (χ2v) is 6.88. The number of hydrogen-bond acceptors (Lipinski definition) is 3. The highest BCUT2D eigenvalue weighted by Crippen LogP contribution is 2.11. The predicted octanol–water partition coefficient (Wildman–Crippen LogP) is 3.99. The zero-order chi connectivity index (χ0) is 17.5. The van der Waals surface area contributed by atoms with Crippen LogP contribution in [0.15, 0.2) is 30.5 Å². The molecule has 1 aromatic heterocycles. The van der Waals surface area contributed by atoms with Crippen LogP contribution in [0.5, 0.6) is 0 Å². The topological polar surface area (TPSA) is 58.1 Å². The van der Waals surface area contributed by atoms with E-state index in [-0.39, 0.29) is 12.1 Å². The number of amides is 2. The molecule has 0 aliphatic rings. The number of hydrogen-bond donors (Lipinski definition) is 1. The van der Waals surface area contributed by atoms with Gasteiger partial charge in [-0.05, 0) is 31.4 Å². The van der Waals surface area contributed by atoms with Crippen molar-refractivity contribution in [2.75, 3.05) is 7.05 Å². The molecule has 0 fully saturated rings. The molecule has 2 rings (SSSR count). The maximum absolute atomic E-state index is 12.3. The van der Waals surface area contributed by atoms with Crippen molar-refractivity contribution in [3.8, 4) is 0 Å². The molecule has 0 saturated heterocycles. The Bertz CT molecular complexity index is 671. The Labute approximate surface area is 144 Å². The zero-order valence-corrected chi connectivity index (χ0v) is 15.1. The van der Waals surface area contributed by atoms with Crippen molar-refractivity contribution in [1.82, 2.24) is 20.2 Å². The molecule has 0 spiro atoms. The molecule has 1 atom stereocenters. The Balaban J connectivity index is 1.85. The molecule has 5 heteroatoms. The summed E-state index contributed by atoms with van der Waals surface area (Å²) in [7, 11) is 1.78. The van der Waals surface area contributed by atoms with Crippen LogP contribution in [0.25, 0.3) is 11.0 Å². The van der Waals surface area contributed by atoms with Gasteiger partial charge in [0.1, 0.15) is 0 Å². The lowest BCUT2D eigenvalue weighted by Crippen LogP contribution is -2.41. The number of nitrogens with zero attached hydrogens (tertiary/aromatic N) is 3. The number of rotatable bonds is 7. The van der Waals surface area contributed by atoms with Crippen molar-refractivity contribution in [1.29, 1.82) is 0 Å². The molecule has 24 heavy (non-hydrogen) atoms. The highest BCUT2D eigenvalue weighted by molar-refractivity contribution is 5.75. The van der Waals surface area contributed by atoms with Crippen molar-refractivity contribution >= 4 is 17.1 Å². The van der Waals surface area contributed by atoms with Crippen LogP contribution in [0.3, 0.4) is 0 Å². The Kier molecular flexibility index (Phi) is 6.53. The van der Waals surface area contributed by atoms with E-state index in [9.17, 15) is 4.79 Å². The first-order valence-corrected chi connectivity index (χ1v) is 8.68. The third-order valence-electron chi connectivity index (χ3n) is 4.03. The van der Waals surface area contributed by atoms with Crippen molar-refractivity contribution in [2.24, 2.45) is 5.92 Å². The minimum atomic E-state index is -0.0676. The lowest BCUT2D eigenvalue weighted by Gasteiger charge is -2.21. The molecule has 1 heterocycles. The summed E-state index contributed by atoms with van der Waals surface area (Å²) < 4.78 is 0. The minimum Gasteiger partial charge on any atom is -0.336 e. The van der Waals surface area contributed by atoms with Gasteiger partial charge in [-0.15, -0.1) is 0 Å². The van der Waals surface area contributed by atoms with Crippen molar-refractivity contribution in [3.63, 3.8) is 0 Å². The van der Waals surface area contributed by atoms with Gasteiger partial charge in [-0.2, -0.15) is 0 Å². The maximum Gasteiger partial charge on any atom is 0.317 e. The molecular formula is C19H28N4O. The smallest absolute Gasteiger partial charge is 0.317 e. The average molecular weight is 328 g/mol. The van der Waals surface area contributed by atoms with Gasteiger partial charge in [0.15, 0.2) is 0 Å². The third kappa shape index (κ3) is 5.48. The van der Waals surface area contributed by atoms with Crippen molar-refractivity contribution in [3.05, 3.63) is 36.2 Å². The third-order valence-corrected chi connectivity index (χ3v) is 4.03. The van der Waals surface area contributed by atoms with E-state index in [4.69, 9.17) is 0 Å². The van der Waals surface area contributed by atoms with E-state index >= 15 is 0 Å². The Hall–Kier alpha value is -2.17. The normalized spacial score (nSPS) is 12.4. The fourth-order valence-electron chi connectivity index (χ4n) is 2.61. The lowest BCUT2D eigenvalue weighted by molar-refractivity contribution is 0.202. The van der Waals surface area contributed by atoms with Gasteiger partial charge in [-0.25, -0.2) is 9.78 Å². The predicted molar refractivity (Wildman–Crippen MR) is 97.7 cm³/mol. The fourth-order valence-corrected chi connectivity index (χ4v) is 2.61. The highest BCUT2D eigenvalue weighted by Gasteiger charge is 2.13. The molecule has 2 amide bonds. The molecule has 1 N–H and O–H groups in total.